The van der Waals surface area contributed by atoms with Crippen LogP contribution in [0.25, 0.3) is 0 Å². The largest absolute Gasteiger partial charge is 0.391 e. The van der Waals surface area contributed by atoms with Crippen LogP contribution in [0.5, 0.6) is 0 Å². The van der Waals surface area contributed by atoms with Gasteiger partial charge in [0.1, 0.15) is 0 Å². The van der Waals surface area contributed by atoms with Crippen molar-refractivity contribution in [3.63, 3.8) is 0 Å². The number of hydrogen-bond acceptors (Lipinski definition) is 2. The third kappa shape index (κ3) is 3.16. The number of aryl methyl sites for hydroxylation is 1. The Morgan fingerprint density at radius 1 is 1.32 bits per heavy atom. The van der Waals surface area contributed by atoms with Gasteiger partial charge in [0.25, 0.3) is 5.91 Å². The SMILES string of the molecule is CC(C)(C)C(O)CN1CCCc2ccccc2C1=O. The lowest BCUT2D eigenvalue weighted by Crippen LogP contribution is -2.42. The average molecular weight is 261 g/mol. The van der Waals surface area contributed by atoms with Gasteiger partial charge in [-0.2, -0.15) is 0 Å². The van der Waals surface area contributed by atoms with E-state index >= 15 is 0 Å². The Morgan fingerprint density at radius 3 is 2.68 bits per heavy atom. The minimum Gasteiger partial charge on any atom is -0.391 e. The van der Waals surface area contributed by atoms with Crippen molar-refractivity contribution in [3.8, 4) is 0 Å². The van der Waals surface area contributed by atoms with Gasteiger partial charge in [-0.25, -0.2) is 0 Å². The van der Waals surface area contributed by atoms with E-state index in [1.165, 1.54) is 0 Å². The molecule has 3 nitrogen and oxygen atoms in total. The fourth-order valence-corrected chi connectivity index (χ4v) is 2.34. The fourth-order valence-electron chi connectivity index (χ4n) is 2.34. The molecular formula is C16H23NO2. The predicted molar refractivity (Wildman–Crippen MR) is 76.1 cm³/mol. The van der Waals surface area contributed by atoms with Crippen LogP contribution in [0.1, 0.15) is 43.1 Å². The highest BCUT2D eigenvalue weighted by Crippen LogP contribution is 2.23. The van der Waals surface area contributed by atoms with E-state index in [0.717, 1.165) is 30.5 Å². The lowest BCUT2D eigenvalue weighted by atomic mass is 9.89. The molecular weight excluding hydrogens is 238 g/mol. The van der Waals surface area contributed by atoms with Crippen molar-refractivity contribution in [3.05, 3.63) is 35.4 Å². The molecule has 3 heteroatoms. The normalized spacial score (nSPS) is 17.9. The summed E-state index contributed by atoms with van der Waals surface area (Å²) in [5, 5.41) is 10.2. The third-order valence-electron chi connectivity index (χ3n) is 3.80. The number of benzene rings is 1. The van der Waals surface area contributed by atoms with Crippen LogP contribution >= 0.6 is 0 Å². The van der Waals surface area contributed by atoms with Gasteiger partial charge >= 0.3 is 0 Å². The number of carbonyl (C=O) groups excluding carboxylic acids is 1. The molecule has 1 N–H and O–H groups in total. The van der Waals surface area contributed by atoms with Crippen molar-refractivity contribution >= 4 is 5.91 Å². The van der Waals surface area contributed by atoms with Crippen molar-refractivity contribution in [2.24, 2.45) is 5.41 Å². The summed E-state index contributed by atoms with van der Waals surface area (Å²) < 4.78 is 0. The Morgan fingerprint density at radius 2 is 2.00 bits per heavy atom. The maximum absolute atomic E-state index is 12.5. The van der Waals surface area contributed by atoms with Gasteiger partial charge in [-0.3, -0.25) is 4.79 Å². The predicted octanol–water partition coefficient (Wildman–Crippen LogP) is 2.48. The zero-order chi connectivity index (χ0) is 14.0. The first kappa shape index (κ1) is 14.1. The topological polar surface area (TPSA) is 40.5 Å². The van der Waals surface area contributed by atoms with E-state index in [-0.39, 0.29) is 11.3 Å². The molecule has 104 valence electrons. The van der Waals surface area contributed by atoms with E-state index in [4.69, 9.17) is 0 Å². The molecule has 1 heterocycles. The molecule has 0 saturated carbocycles. The summed E-state index contributed by atoms with van der Waals surface area (Å²) in [4.78, 5) is 14.3. The minimum absolute atomic E-state index is 0.0522. The van der Waals surface area contributed by atoms with E-state index in [2.05, 4.69) is 0 Å². The van der Waals surface area contributed by atoms with Gasteiger partial charge in [-0.1, -0.05) is 39.0 Å². The Labute approximate surface area is 115 Å². The Balaban J connectivity index is 2.18. The van der Waals surface area contributed by atoms with Gasteiger partial charge in [-0.15, -0.1) is 0 Å². The van der Waals surface area contributed by atoms with Crippen molar-refractivity contribution < 1.29 is 9.90 Å². The maximum Gasteiger partial charge on any atom is 0.254 e. The maximum atomic E-state index is 12.5. The summed E-state index contributed by atoms with van der Waals surface area (Å²) in [6.07, 6.45) is 1.39. The first-order valence-corrected chi connectivity index (χ1v) is 6.95. The number of aliphatic hydroxyl groups is 1. The van der Waals surface area contributed by atoms with Crippen LogP contribution in [-0.2, 0) is 6.42 Å². The highest BCUT2D eigenvalue weighted by Gasteiger charge is 2.28. The van der Waals surface area contributed by atoms with Crippen LogP contribution < -0.4 is 0 Å². The molecule has 1 aliphatic rings. The van der Waals surface area contributed by atoms with Gasteiger partial charge in [-0.05, 0) is 29.9 Å². The van der Waals surface area contributed by atoms with Crippen LogP contribution in [0.4, 0.5) is 0 Å². The van der Waals surface area contributed by atoms with Crippen molar-refractivity contribution in [1.82, 2.24) is 4.90 Å². The summed E-state index contributed by atoms with van der Waals surface area (Å²) in [6.45, 7) is 7.12. The molecule has 0 saturated heterocycles. The summed E-state index contributed by atoms with van der Waals surface area (Å²) in [5.41, 5.74) is 1.72. The molecule has 2 rings (SSSR count). The molecule has 1 aromatic carbocycles. The third-order valence-corrected chi connectivity index (χ3v) is 3.80. The number of aliphatic hydroxyl groups excluding tert-OH is 1. The van der Waals surface area contributed by atoms with E-state index in [9.17, 15) is 9.90 Å². The first-order valence-electron chi connectivity index (χ1n) is 6.95. The molecule has 1 aliphatic heterocycles. The average Bonchev–Trinajstić information content (AvgIpc) is 2.50. The second kappa shape index (κ2) is 5.33. The molecule has 1 aromatic rings. The quantitative estimate of drug-likeness (QED) is 0.888. The Kier molecular flexibility index (Phi) is 3.95. The number of hydrogen-bond donors (Lipinski definition) is 1. The van der Waals surface area contributed by atoms with Gasteiger partial charge in [0.15, 0.2) is 0 Å². The highest BCUT2D eigenvalue weighted by molar-refractivity contribution is 5.96. The number of nitrogens with zero attached hydrogens (tertiary/aromatic N) is 1. The standard InChI is InChI=1S/C16H23NO2/c1-16(2,3)14(18)11-17-10-6-8-12-7-4-5-9-13(12)15(17)19/h4-5,7,9,14,18H,6,8,10-11H2,1-3H3. The van der Waals surface area contributed by atoms with E-state index in [0.29, 0.717) is 6.54 Å². The number of fused-ring (bicyclic) bond motifs is 1. The monoisotopic (exact) mass is 261 g/mol. The summed E-state index contributed by atoms with van der Waals surface area (Å²) in [6, 6.07) is 7.79. The molecule has 0 fully saturated rings. The van der Waals surface area contributed by atoms with E-state index < -0.39 is 6.10 Å². The Hall–Kier alpha value is -1.35. The molecule has 0 spiro atoms. The van der Waals surface area contributed by atoms with Crippen LogP contribution in [-0.4, -0.2) is 35.1 Å². The van der Waals surface area contributed by atoms with Crippen molar-refractivity contribution in [2.45, 2.75) is 39.7 Å². The van der Waals surface area contributed by atoms with Crippen LogP contribution in [0.15, 0.2) is 24.3 Å². The number of amides is 1. The van der Waals surface area contributed by atoms with Gasteiger partial charge < -0.3 is 10.0 Å². The second-order valence-corrected chi connectivity index (χ2v) is 6.39. The zero-order valence-corrected chi connectivity index (χ0v) is 12.0. The number of rotatable bonds is 2. The minimum atomic E-state index is -0.498. The van der Waals surface area contributed by atoms with Crippen molar-refractivity contribution in [1.29, 1.82) is 0 Å². The second-order valence-electron chi connectivity index (χ2n) is 6.39. The smallest absolute Gasteiger partial charge is 0.254 e. The first-order chi connectivity index (χ1) is 8.89. The number of carbonyl (C=O) groups is 1. The van der Waals surface area contributed by atoms with Crippen LogP contribution in [0, 0.1) is 5.41 Å². The summed E-state index contributed by atoms with van der Waals surface area (Å²) in [7, 11) is 0. The van der Waals surface area contributed by atoms with Gasteiger partial charge in [0.05, 0.1) is 6.10 Å². The van der Waals surface area contributed by atoms with Crippen molar-refractivity contribution in [2.75, 3.05) is 13.1 Å². The molecule has 0 bridgehead atoms. The molecule has 0 aromatic heterocycles. The summed E-state index contributed by atoms with van der Waals surface area (Å²) in [5.74, 6) is 0.0522. The fraction of sp³-hybridized carbons (Fsp3) is 0.562. The molecule has 0 aliphatic carbocycles. The molecule has 1 unspecified atom stereocenters. The van der Waals surface area contributed by atoms with Crippen LogP contribution in [0.3, 0.4) is 0 Å². The highest BCUT2D eigenvalue weighted by atomic mass is 16.3. The van der Waals surface area contributed by atoms with E-state index in [1.54, 1.807) is 4.90 Å². The summed E-state index contributed by atoms with van der Waals surface area (Å²) >= 11 is 0. The zero-order valence-electron chi connectivity index (χ0n) is 12.0. The van der Waals surface area contributed by atoms with E-state index in [1.807, 2.05) is 45.0 Å². The lowest BCUT2D eigenvalue weighted by molar-refractivity contribution is 0.0257. The molecule has 1 atom stereocenters. The van der Waals surface area contributed by atoms with Gasteiger partial charge in [0.2, 0.25) is 0 Å². The van der Waals surface area contributed by atoms with Crippen LogP contribution in [0.2, 0.25) is 0 Å². The molecule has 0 radical (unpaired) electrons. The Bertz CT molecular complexity index is 462. The lowest BCUT2D eigenvalue weighted by Gasteiger charge is -2.31. The molecule has 19 heavy (non-hydrogen) atoms. The number of β-amino-alcohol motifs (C(OH)–C–C–N with tert-alkyl or cyclic N) is 1. The van der Waals surface area contributed by atoms with Gasteiger partial charge in [0, 0.05) is 18.7 Å². The molecule has 1 amide bonds.